The monoisotopic (exact) mass is 302 g/mol. The van der Waals surface area contributed by atoms with Crippen molar-refractivity contribution in [3.63, 3.8) is 0 Å². The first-order chi connectivity index (χ1) is 9.97. The van der Waals surface area contributed by atoms with Crippen LogP contribution in [-0.2, 0) is 6.61 Å². The number of nitrogen functional groups attached to an aromatic ring is 1. The fourth-order valence-electron chi connectivity index (χ4n) is 1.96. The van der Waals surface area contributed by atoms with Crippen LogP contribution in [0.25, 0.3) is 0 Å². The Bertz CT molecular complexity index is 653. The number of amidine groups is 1. The Morgan fingerprint density at radius 1 is 1.24 bits per heavy atom. The van der Waals surface area contributed by atoms with Crippen LogP contribution in [0.2, 0.25) is 5.02 Å². The average Bonchev–Trinajstić information content (AvgIpc) is 2.46. The van der Waals surface area contributed by atoms with E-state index >= 15 is 0 Å². The predicted octanol–water partition coefficient (Wildman–Crippen LogP) is 4.33. The lowest BCUT2D eigenvalue weighted by molar-refractivity contribution is 0.306. The Hall–Kier alpha value is -2.00. The molecule has 2 rings (SSSR count). The Morgan fingerprint density at radius 2 is 2.00 bits per heavy atom. The lowest BCUT2D eigenvalue weighted by Gasteiger charge is -2.11. The van der Waals surface area contributed by atoms with E-state index in [1.54, 1.807) is 12.1 Å². The summed E-state index contributed by atoms with van der Waals surface area (Å²) in [7, 11) is 0. The molecule has 21 heavy (non-hydrogen) atoms. The SMILES string of the molecule is CC(C)c1cccc(OCc2ccc(C(=N)N)cc2Cl)c1. The first-order valence-corrected chi connectivity index (χ1v) is 7.20. The molecule has 0 amide bonds. The zero-order valence-corrected chi connectivity index (χ0v) is 12.9. The molecular weight excluding hydrogens is 284 g/mol. The molecule has 0 aromatic heterocycles. The smallest absolute Gasteiger partial charge is 0.122 e. The van der Waals surface area contributed by atoms with Crippen molar-refractivity contribution >= 4 is 17.4 Å². The summed E-state index contributed by atoms with van der Waals surface area (Å²) in [6.07, 6.45) is 0. The molecule has 0 saturated heterocycles. The molecular formula is C17H19ClN2O. The molecule has 110 valence electrons. The first kappa shape index (κ1) is 15.4. The molecule has 0 aliphatic heterocycles. The summed E-state index contributed by atoms with van der Waals surface area (Å²) in [5.41, 5.74) is 8.17. The Morgan fingerprint density at radius 3 is 2.62 bits per heavy atom. The van der Waals surface area contributed by atoms with Crippen LogP contribution < -0.4 is 10.5 Å². The quantitative estimate of drug-likeness (QED) is 0.638. The van der Waals surface area contributed by atoms with E-state index in [0.29, 0.717) is 23.1 Å². The molecule has 0 heterocycles. The van der Waals surface area contributed by atoms with Gasteiger partial charge in [0.15, 0.2) is 0 Å². The van der Waals surface area contributed by atoms with E-state index in [2.05, 4.69) is 19.9 Å². The van der Waals surface area contributed by atoms with Gasteiger partial charge in [0.1, 0.15) is 18.2 Å². The van der Waals surface area contributed by atoms with Crippen LogP contribution in [-0.4, -0.2) is 5.84 Å². The van der Waals surface area contributed by atoms with Crippen LogP contribution >= 0.6 is 11.6 Å². The van der Waals surface area contributed by atoms with Gasteiger partial charge in [0.05, 0.1) is 0 Å². The molecule has 0 atom stereocenters. The molecule has 0 aliphatic carbocycles. The minimum absolute atomic E-state index is 0.00834. The van der Waals surface area contributed by atoms with E-state index in [0.717, 1.165) is 11.3 Å². The fraction of sp³-hybridized carbons (Fsp3) is 0.235. The number of hydrogen-bond acceptors (Lipinski definition) is 2. The molecule has 3 N–H and O–H groups in total. The van der Waals surface area contributed by atoms with Gasteiger partial charge >= 0.3 is 0 Å². The summed E-state index contributed by atoms with van der Waals surface area (Å²) in [5, 5.41) is 7.95. The Labute approximate surface area is 130 Å². The summed E-state index contributed by atoms with van der Waals surface area (Å²) in [6.45, 7) is 4.69. The molecule has 0 aliphatic rings. The van der Waals surface area contributed by atoms with Gasteiger partial charge in [-0.3, -0.25) is 5.41 Å². The van der Waals surface area contributed by atoms with Crippen LogP contribution in [0.1, 0.15) is 36.5 Å². The normalized spacial score (nSPS) is 10.7. The number of nitrogens with one attached hydrogen (secondary N) is 1. The maximum Gasteiger partial charge on any atom is 0.122 e. The third-order valence-corrected chi connectivity index (χ3v) is 3.64. The van der Waals surface area contributed by atoms with E-state index in [-0.39, 0.29) is 5.84 Å². The van der Waals surface area contributed by atoms with Gasteiger partial charge in [-0.2, -0.15) is 0 Å². The van der Waals surface area contributed by atoms with Crippen molar-refractivity contribution in [3.8, 4) is 5.75 Å². The van der Waals surface area contributed by atoms with Gasteiger partial charge in [-0.25, -0.2) is 0 Å². The minimum atomic E-state index is 0.00834. The summed E-state index contributed by atoms with van der Waals surface area (Å²) in [6, 6.07) is 13.4. The topological polar surface area (TPSA) is 59.1 Å². The van der Waals surface area contributed by atoms with Crippen molar-refractivity contribution in [2.45, 2.75) is 26.4 Å². The second kappa shape index (κ2) is 6.64. The van der Waals surface area contributed by atoms with E-state index in [4.69, 9.17) is 27.5 Å². The van der Waals surface area contributed by atoms with Crippen LogP contribution in [0.15, 0.2) is 42.5 Å². The number of ether oxygens (including phenoxy) is 1. The van der Waals surface area contributed by atoms with Crippen LogP contribution in [0.4, 0.5) is 0 Å². The molecule has 0 saturated carbocycles. The van der Waals surface area contributed by atoms with Crippen LogP contribution in [0.5, 0.6) is 5.75 Å². The average molecular weight is 303 g/mol. The molecule has 0 bridgehead atoms. The lowest BCUT2D eigenvalue weighted by Crippen LogP contribution is -2.11. The molecule has 3 nitrogen and oxygen atoms in total. The lowest BCUT2D eigenvalue weighted by atomic mass is 10.0. The van der Waals surface area contributed by atoms with E-state index in [9.17, 15) is 0 Å². The van der Waals surface area contributed by atoms with E-state index in [1.165, 1.54) is 5.56 Å². The summed E-state index contributed by atoms with van der Waals surface area (Å²) < 4.78 is 5.79. The molecule has 2 aromatic rings. The number of benzene rings is 2. The van der Waals surface area contributed by atoms with Crippen LogP contribution in [0, 0.1) is 5.41 Å². The molecule has 4 heteroatoms. The maximum atomic E-state index is 7.39. The predicted molar refractivity (Wildman–Crippen MR) is 87.3 cm³/mol. The van der Waals surface area contributed by atoms with Gasteiger partial charge in [-0.05, 0) is 29.7 Å². The Kier molecular flexibility index (Phi) is 4.86. The molecule has 0 radical (unpaired) electrons. The van der Waals surface area contributed by atoms with E-state index < -0.39 is 0 Å². The van der Waals surface area contributed by atoms with Gasteiger partial charge in [-0.1, -0.05) is 49.7 Å². The van der Waals surface area contributed by atoms with Crippen LogP contribution in [0.3, 0.4) is 0 Å². The van der Waals surface area contributed by atoms with Gasteiger partial charge in [0.25, 0.3) is 0 Å². The second-order valence-electron chi connectivity index (χ2n) is 5.24. The number of rotatable bonds is 5. The van der Waals surface area contributed by atoms with Gasteiger partial charge in [0, 0.05) is 16.1 Å². The first-order valence-electron chi connectivity index (χ1n) is 6.83. The highest BCUT2D eigenvalue weighted by Gasteiger charge is 2.06. The third kappa shape index (κ3) is 3.99. The molecule has 0 spiro atoms. The van der Waals surface area contributed by atoms with Gasteiger partial charge in [0.2, 0.25) is 0 Å². The van der Waals surface area contributed by atoms with Crippen molar-refractivity contribution in [1.29, 1.82) is 5.41 Å². The summed E-state index contributed by atoms with van der Waals surface area (Å²) >= 11 is 6.19. The zero-order chi connectivity index (χ0) is 15.4. The number of nitrogens with two attached hydrogens (primary N) is 1. The minimum Gasteiger partial charge on any atom is -0.489 e. The standard InChI is InChI=1S/C17H19ClN2O/c1-11(2)12-4-3-5-15(8-12)21-10-14-7-6-13(17(19)20)9-16(14)18/h3-9,11H,10H2,1-2H3,(H3,19,20). The fourth-order valence-corrected chi connectivity index (χ4v) is 2.19. The number of hydrogen-bond donors (Lipinski definition) is 2. The molecule has 2 aromatic carbocycles. The van der Waals surface area contributed by atoms with Crippen molar-refractivity contribution < 1.29 is 4.74 Å². The van der Waals surface area contributed by atoms with Crippen molar-refractivity contribution in [3.05, 3.63) is 64.2 Å². The summed E-state index contributed by atoms with van der Waals surface area (Å²) in [4.78, 5) is 0. The van der Waals surface area contributed by atoms with Crippen molar-refractivity contribution in [2.75, 3.05) is 0 Å². The van der Waals surface area contributed by atoms with Gasteiger partial charge in [-0.15, -0.1) is 0 Å². The highest BCUT2D eigenvalue weighted by molar-refractivity contribution is 6.31. The Balaban J connectivity index is 2.09. The van der Waals surface area contributed by atoms with Gasteiger partial charge < -0.3 is 10.5 Å². The maximum absolute atomic E-state index is 7.39. The summed E-state index contributed by atoms with van der Waals surface area (Å²) in [5.74, 6) is 1.30. The number of halogens is 1. The van der Waals surface area contributed by atoms with Crippen molar-refractivity contribution in [2.24, 2.45) is 5.73 Å². The second-order valence-corrected chi connectivity index (χ2v) is 5.64. The molecule has 0 unspecified atom stereocenters. The highest BCUT2D eigenvalue weighted by atomic mass is 35.5. The largest absolute Gasteiger partial charge is 0.489 e. The van der Waals surface area contributed by atoms with Crippen molar-refractivity contribution in [1.82, 2.24) is 0 Å². The highest BCUT2D eigenvalue weighted by Crippen LogP contribution is 2.23. The molecule has 0 fully saturated rings. The third-order valence-electron chi connectivity index (χ3n) is 3.28. The van der Waals surface area contributed by atoms with E-state index in [1.807, 2.05) is 24.3 Å². The zero-order valence-electron chi connectivity index (χ0n) is 12.2.